The molecule has 0 aromatic carbocycles. The van der Waals surface area contributed by atoms with Crippen molar-refractivity contribution >= 4 is 32.9 Å². The van der Waals surface area contributed by atoms with Gasteiger partial charge < -0.3 is 4.90 Å². The summed E-state index contributed by atoms with van der Waals surface area (Å²) < 4.78 is 0. The van der Waals surface area contributed by atoms with Crippen molar-refractivity contribution in [1.29, 1.82) is 0 Å². The summed E-state index contributed by atoms with van der Waals surface area (Å²) in [5.74, 6) is 0. The van der Waals surface area contributed by atoms with Gasteiger partial charge in [0.05, 0.1) is 6.54 Å². The molecule has 0 amide bonds. The fourth-order valence-corrected chi connectivity index (χ4v) is 5.22. The van der Waals surface area contributed by atoms with Gasteiger partial charge in [-0.05, 0) is 31.1 Å². The molecule has 18 heavy (non-hydrogen) atoms. The van der Waals surface area contributed by atoms with Crippen LogP contribution >= 0.6 is 27.7 Å². The van der Waals surface area contributed by atoms with Gasteiger partial charge in [-0.1, -0.05) is 47.0 Å². The van der Waals surface area contributed by atoms with E-state index in [0.717, 1.165) is 11.9 Å². The van der Waals surface area contributed by atoms with Crippen LogP contribution in [0.1, 0.15) is 44.9 Å². The molecule has 1 spiro atoms. The molecule has 2 nitrogen and oxygen atoms in total. The van der Waals surface area contributed by atoms with Crippen molar-refractivity contribution in [3.8, 4) is 0 Å². The van der Waals surface area contributed by atoms with Gasteiger partial charge in [-0.15, -0.1) is 0 Å². The fraction of sp³-hybridized carbons (Fsp3) is 0.929. The van der Waals surface area contributed by atoms with Crippen LogP contribution in [0.3, 0.4) is 0 Å². The lowest BCUT2D eigenvalue weighted by Gasteiger charge is -2.44. The highest BCUT2D eigenvalue weighted by Crippen LogP contribution is 2.45. The van der Waals surface area contributed by atoms with Crippen molar-refractivity contribution in [3.05, 3.63) is 0 Å². The summed E-state index contributed by atoms with van der Waals surface area (Å²) >= 11 is 5.55. The molecule has 3 aliphatic rings. The second kappa shape index (κ2) is 5.74. The number of alkyl halides is 1. The van der Waals surface area contributed by atoms with E-state index in [0.29, 0.717) is 10.7 Å². The molecule has 1 saturated carbocycles. The number of piperidine rings is 1. The number of hydrogen-bond donors (Lipinski definition) is 0. The molecule has 0 radical (unpaired) electrons. The van der Waals surface area contributed by atoms with Crippen LogP contribution in [0.4, 0.5) is 0 Å². The number of amidine groups is 1. The minimum atomic E-state index is 0.672. The first-order valence-electron chi connectivity index (χ1n) is 7.33. The Labute approximate surface area is 123 Å². The molecule has 2 aliphatic heterocycles. The van der Waals surface area contributed by atoms with Gasteiger partial charge in [0.25, 0.3) is 0 Å². The van der Waals surface area contributed by atoms with Crippen molar-refractivity contribution in [1.82, 2.24) is 4.90 Å². The molecule has 1 aliphatic carbocycles. The smallest absolute Gasteiger partial charge is 0.159 e. The first-order valence-corrected chi connectivity index (χ1v) is 9.33. The summed E-state index contributed by atoms with van der Waals surface area (Å²) in [5, 5.41) is 3.07. The highest BCUT2D eigenvalue weighted by atomic mass is 79.9. The standard InChI is InChI=1S/C14H23BrN2S/c15-10-12-11-16-13(18-12)17-8-6-14(7-9-17)4-2-1-3-5-14/h12H,1-11H2. The molecule has 1 saturated heterocycles. The number of nitrogens with zero attached hydrogens (tertiary/aromatic N) is 2. The topological polar surface area (TPSA) is 15.6 Å². The maximum Gasteiger partial charge on any atom is 0.159 e. The number of rotatable bonds is 1. The third kappa shape index (κ3) is 2.74. The summed E-state index contributed by atoms with van der Waals surface area (Å²) in [4.78, 5) is 7.27. The first kappa shape index (κ1) is 13.3. The van der Waals surface area contributed by atoms with Gasteiger partial charge in [0, 0.05) is 23.7 Å². The van der Waals surface area contributed by atoms with E-state index in [9.17, 15) is 0 Å². The molecule has 0 N–H and O–H groups in total. The lowest BCUT2D eigenvalue weighted by molar-refractivity contribution is 0.0990. The summed E-state index contributed by atoms with van der Waals surface area (Å²) in [5.41, 5.74) is 0.716. The zero-order valence-corrected chi connectivity index (χ0v) is 13.4. The van der Waals surface area contributed by atoms with Crippen LogP contribution in [0.25, 0.3) is 0 Å². The lowest BCUT2D eigenvalue weighted by atomic mass is 9.68. The van der Waals surface area contributed by atoms with E-state index in [-0.39, 0.29) is 0 Å². The molecule has 1 unspecified atom stereocenters. The Hall–Kier alpha value is 0.300. The van der Waals surface area contributed by atoms with Gasteiger partial charge >= 0.3 is 0 Å². The average molecular weight is 331 g/mol. The molecule has 2 heterocycles. The Morgan fingerprint density at radius 1 is 1.17 bits per heavy atom. The second-order valence-corrected chi connectivity index (χ2v) is 7.98. The van der Waals surface area contributed by atoms with Crippen LogP contribution in [0.2, 0.25) is 0 Å². The van der Waals surface area contributed by atoms with Crippen molar-refractivity contribution in [2.45, 2.75) is 50.2 Å². The highest BCUT2D eigenvalue weighted by molar-refractivity contribution is 9.09. The van der Waals surface area contributed by atoms with Crippen LogP contribution in [0.15, 0.2) is 4.99 Å². The Kier molecular flexibility index (Phi) is 4.24. The number of thioether (sulfide) groups is 1. The molecule has 4 heteroatoms. The summed E-state index contributed by atoms with van der Waals surface area (Å²) in [7, 11) is 0. The van der Waals surface area contributed by atoms with E-state index in [1.165, 1.54) is 63.2 Å². The van der Waals surface area contributed by atoms with Gasteiger partial charge in [-0.3, -0.25) is 4.99 Å². The molecule has 3 rings (SSSR count). The predicted octanol–water partition coefficient (Wildman–Crippen LogP) is 3.90. The molecule has 0 aromatic rings. The van der Waals surface area contributed by atoms with E-state index in [2.05, 4.69) is 20.8 Å². The van der Waals surface area contributed by atoms with E-state index in [1.807, 2.05) is 11.8 Å². The second-order valence-electron chi connectivity index (χ2n) is 6.07. The summed E-state index contributed by atoms with van der Waals surface area (Å²) in [6.45, 7) is 3.51. The number of aliphatic imine (C=N–C) groups is 1. The summed E-state index contributed by atoms with van der Waals surface area (Å²) in [6, 6.07) is 0. The van der Waals surface area contributed by atoms with Gasteiger partial charge in [-0.25, -0.2) is 0 Å². The van der Waals surface area contributed by atoms with E-state index >= 15 is 0 Å². The predicted molar refractivity (Wildman–Crippen MR) is 83.8 cm³/mol. The number of likely N-dealkylation sites (tertiary alicyclic amines) is 1. The minimum absolute atomic E-state index is 0.672. The normalized spacial score (nSPS) is 31.7. The Morgan fingerprint density at radius 3 is 2.50 bits per heavy atom. The zero-order chi connectivity index (χ0) is 12.4. The lowest BCUT2D eigenvalue weighted by Crippen LogP contribution is -2.42. The molecule has 102 valence electrons. The van der Waals surface area contributed by atoms with Gasteiger partial charge in [0.2, 0.25) is 0 Å². The van der Waals surface area contributed by atoms with Crippen molar-refractivity contribution in [3.63, 3.8) is 0 Å². The monoisotopic (exact) mass is 330 g/mol. The molecule has 0 aromatic heterocycles. The van der Waals surface area contributed by atoms with Crippen molar-refractivity contribution in [2.24, 2.45) is 10.4 Å². The van der Waals surface area contributed by atoms with Crippen LogP contribution in [0, 0.1) is 5.41 Å². The minimum Gasteiger partial charge on any atom is -0.351 e. The number of hydrogen-bond acceptors (Lipinski definition) is 3. The van der Waals surface area contributed by atoms with Gasteiger partial charge in [-0.2, -0.15) is 0 Å². The Bertz CT molecular complexity index is 316. The van der Waals surface area contributed by atoms with E-state index < -0.39 is 0 Å². The maximum absolute atomic E-state index is 4.72. The van der Waals surface area contributed by atoms with Crippen molar-refractivity contribution in [2.75, 3.05) is 25.0 Å². The molecule has 2 fully saturated rings. The van der Waals surface area contributed by atoms with Crippen LogP contribution in [-0.2, 0) is 0 Å². The van der Waals surface area contributed by atoms with E-state index in [1.54, 1.807) is 0 Å². The van der Waals surface area contributed by atoms with Crippen LogP contribution in [0.5, 0.6) is 0 Å². The maximum atomic E-state index is 4.72. The highest BCUT2D eigenvalue weighted by Gasteiger charge is 2.37. The van der Waals surface area contributed by atoms with Gasteiger partial charge in [0.1, 0.15) is 0 Å². The third-order valence-electron chi connectivity index (χ3n) is 4.88. The van der Waals surface area contributed by atoms with Crippen molar-refractivity contribution < 1.29 is 0 Å². The fourth-order valence-electron chi connectivity index (χ4n) is 3.63. The zero-order valence-electron chi connectivity index (χ0n) is 11.0. The Morgan fingerprint density at radius 2 is 1.89 bits per heavy atom. The molecule has 0 bridgehead atoms. The average Bonchev–Trinajstić information content (AvgIpc) is 2.89. The first-order chi connectivity index (χ1) is 8.81. The third-order valence-corrected chi connectivity index (χ3v) is 7.34. The quantitative estimate of drug-likeness (QED) is 0.677. The molecular weight excluding hydrogens is 308 g/mol. The summed E-state index contributed by atoms with van der Waals surface area (Å²) in [6.07, 6.45) is 10.2. The largest absolute Gasteiger partial charge is 0.351 e. The van der Waals surface area contributed by atoms with E-state index in [4.69, 9.17) is 4.99 Å². The Balaban J connectivity index is 1.54. The van der Waals surface area contributed by atoms with Gasteiger partial charge in [0.15, 0.2) is 5.17 Å². The molecular formula is C14H23BrN2S. The van der Waals surface area contributed by atoms with Crippen LogP contribution in [-0.4, -0.2) is 40.3 Å². The molecule has 1 atom stereocenters. The number of halogens is 1. The SMILES string of the molecule is BrCC1CN=C(N2CCC3(CCCCC3)CC2)S1. The van der Waals surface area contributed by atoms with Crippen LogP contribution < -0.4 is 0 Å².